The molecule has 1 aromatic carbocycles. The molecule has 3 aliphatic rings. The molecule has 0 spiro atoms. The van der Waals surface area contributed by atoms with E-state index < -0.39 is 85.3 Å². The van der Waals surface area contributed by atoms with Crippen molar-refractivity contribution >= 4 is 5.69 Å². The first-order chi connectivity index (χ1) is 17.6. The van der Waals surface area contributed by atoms with Crippen molar-refractivity contribution in [1.82, 2.24) is 0 Å². The minimum absolute atomic E-state index is 0.151. The normalized spacial score (nSPS) is 41.8. The first-order valence-electron chi connectivity index (χ1n) is 11.4. The molecule has 12 atom stereocenters. The van der Waals surface area contributed by atoms with E-state index in [1.165, 1.54) is 24.3 Å². The molecule has 4 rings (SSSR count). The fourth-order valence-corrected chi connectivity index (χ4v) is 4.10. The highest BCUT2D eigenvalue weighted by atomic mass is 16.8. The second-order valence-corrected chi connectivity index (χ2v) is 8.79. The van der Waals surface area contributed by atoms with E-state index in [2.05, 4.69) is 0 Å². The number of aliphatic hydroxyl groups is 7. The molecule has 3 saturated heterocycles. The van der Waals surface area contributed by atoms with Crippen LogP contribution in [0.2, 0.25) is 0 Å². The lowest BCUT2D eigenvalue weighted by Crippen LogP contribution is -2.39. The van der Waals surface area contributed by atoms with Crippen LogP contribution in [-0.2, 0) is 23.7 Å². The highest BCUT2D eigenvalue weighted by molar-refractivity contribution is 5.36. The zero-order valence-corrected chi connectivity index (χ0v) is 19.2. The quantitative estimate of drug-likeness (QED) is 0.113. The molecule has 3 fully saturated rings. The largest absolute Gasteiger partial charge is 0.462 e. The average Bonchev–Trinajstić information content (AvgIpc) is 3.43. The molecule has 0 saturated carbocycles. The van der Waals surface area contributed by atoms with Crippen molar-refractivity contribution in [3.8, 4) is 5.75 Å². The lowest BCUT2D eigenvalue weighted by atomic mass is 10.1. The summed E-state index contributed by atoms with van der Waals surface area (Å²) in [7, 11) is 0. The molecule has 0 unspecified atom stereocenters. The molecule has 7 N–H and O–H groups in total. The minimum Gasteiger partial charge on any atom is -0.462 e. The zero-order chi connectivity index (χ0) is 26.9. The molecular weight excluding hydrogens is 506 g/mol. The third kappa shape index (κ3) is 6.00. The summed E-state index contributed by atoms with van der Waals surface area (Å²) < 4.78 is 32.3. The molecule has 3 aliphatic heterocycles. The first-order valence-corrected chi connectivity index (χ1v) is 11.4. The van der Waals surface area contributed by atoms with Crippen LogP contribution < -0.4 is 4.74 Å². The predicted molar refractivity (Wildman–Crippen MR) is 115 cm³/mol. The molecule has 0 aliphatic carbocycles. The number of ether oxygens (including phenoxy) is 6. The van der Waals surface area contributed by atoms with Crippen LogP contribution in [0.25, 0.3) is 0 Å². The first kappa shape index (κ1) is 28.0. The maximum atomic E-state index is 10.8. The maximum Gasteiger partial charge on any atom is 0.269 e. The van der Waals surface area contributed by atoms with Crippen molar-refractivity contribution in [2.24, 2.45) is 0 Å². The molecule has 37 heavy (non-hydrogen) atoms. The van der Waals surface area contributed by atoms with E-state index in [1.807, 2.05) is 0 Å². The summed E-state index contributed by atoms with van der Waals surface area (Å²) in [6, 6.07) is 5.00. The van der Waals surface area contributed by atoms with E-state index in [1.54, 1.807) is 0 Å². The third-order valence-corrected chi connectivity index (χ3v) is 6.29. The number of rotatable bonds is 10. The number of aliphatic hydroxyl groups excluding tert-OH is 7. The van der Waals surface area contributed by atoms with Gasteiger partial charge in [-0.1, -0.05) is 0 Å². The van der Waals surface area contributed by atoms with Gasteiger partial charge in [-0.05, 0) is 12.1 Å². The van der Waals surface area contributed by atoms with Crippen molar-refractivity contribution in [1.29, 1.82) is 0 Å². The lowest BCUT2D eigenvalue weighted by molar-refractivity contribution is -0.384. The van der Waals surface area contributed by atoms with Gasteiger partial charge in [0.25, 0.3) is 5.69 Å². The Balaban J connectivity index is 1.25. The maximum absolute atomic E-state index is 10.8. The van der Waals surface area contributed by atoms with Gasteiger partial charge in [0.05, 0.1) is 24.7 Å². The average molecular weight is 535 g/mol. The fourth-order valence-electron chi connectivity index (χ4n) is 4.10. The Morgan fingerprint density at radius 3 is 1.59 bits per heavy atom. The van der Waals surface area contributed by atoms with E-state index in [-0.39, 0.29) is 24.7 Å². The smallest absolute Gasteiger partial charge is 0.269 e. The summed E-state index contributed by atoms with van der Waals surface area (Å²) in [6.07, 6.45) is -16.0. The van der Waals surface area contributed by atoms with Gasteiger partial charge in [0.2, 0.25) is 6.29 Å². The monoisotopic (exact) mass is 535 g/mol. The Kier molecular flexibility index (Phi) is 8.89. The van der Waals surface area contributed by atoms with E-state index in [0.29, 0.717) is 0 Å². The molecule has 3 heterocycles. The van der Waals surface area contributed by atoms with Crippen molar-refractivity contribution in [2.75, 3.05) is 19.8 Å². The Morgan fingerprint density at radius 2 is 1.14 bits per heavy atom. The molecular formula is C21H29NO15. The van der Waals surface area contributed by atoms with Crippen molar-refractivity contribution < 1.29 is 69.1 Å². The van der Waals surface area contributed by atoms with Gasteiger partial charge < -0.3 is 64.2 Å². The number of hydrogen-bond donors (Lipinski definition) is 7. The van der Waals surface area contributed by atoms with Crippen molar-refractivity contribution in [3.05, 3.63) is 34.4 Å². The van der Waals surface area contributed by atoms with E-state index >= 15 is 0 Å². The van der Waals surface area contributed by atoms with E-state index in [4.69, 9.17) is 33.5 Å². The van der Waals surface area contributed by atoms with Gasteiger partial charge in [-0.2, -0.15) is 0 Å². The van der Waals surface area contributed by atoms with Gasteiger partial charge in [-0.25, -0.2) is 0 Å². The second kappa shape index (κ2) is 11.8. The molecule has 16 nitrogen and oxygen atoms in total. The van der Waals surface area contributed by atoms with Gasteiger partial charge in [0.15, 0.2) is 12.6 Å². The van der Waals surface area contributed by atoms with Gasteiger partial charge in [-0.3, -0.25) is 10.1 Å². The molecule has 0 radical (unpaired) electrons. The Hall–Kier alpha value is -2.06. The Bertz CT molecular complexity index is 904. The molecule has 0 aromatic heterocycles. The fraction of sp³-hybridized carbons (Fsp3) is 0.714. The number of non-ortho nitro benzene ring substituents is 1. The number of benzene rings is 1. The molecule has 1 aromatic rings. The van der Waals surface area contributed by atoms with Gasteiger partial charge >= 0.3 is 0 Å². The summed E-state index contributed by atoms with van der Waals surface area (Å²) in [5.41, 5.74) is -0.161. The van der Waals surface area contributed by atoms with Crippen LogP contribution in [0.4, 0.5) is 5.69 Å². The van der Waals surface area contributed by atoms with Crippen LogP contribution in [0.1, 0.15) is 0 Å². The summed E-state index contributed by atoms with van der Waals surface area (Å²) in [5.74, 6) is 0.151. The Morgan fingerprint density at radius 1 is 0.703 bits per heavy atom. The minimum atomic E-state index is -1.52. The summed E-state index contributed by atoms with van der Waals surface area (Å²) >= 11 is 0. The number of hydrogen-bond acceptors (Lipinski definition) is 15. The summed E-state index contributed by atoms with van der Waals surface area (Å²) in [6.45, 7) is -1.29. The topological polar surface area (TPSA) is 240 Å². The standard InChI is InChI=1S/C21H29NO15/c23-5-10-13(24)16(27)19(35-10)32-6-11-14(25)17(28)20(36-11)33-7-12-15(26)18(29)21(37-12)34-9-3-1-8(2-4-9)22(30)31/h1-4,10-21,23-29H,5-7H2/t10-,11-,12-,13-,14-,15-,16+,17+,18+,19+,20+,21+/m0/s1. The number of nitro groups is 1. The zero-order valence-electron chi connectivity index (χ0n) is 19.2. The van der Waals surface area contributed by atoms with Crippen LogP contribution in [0.5, 0.6) is 5.75 Å². The SMILES string of the molecule is O=[N+]([O-])c1ccc(O[C@@H]2O[C@@H](CO[C@@H]3O[C@@H](CO[C@@H]4O[C@@H](CO)[C@H](O)[C@H]4O)[C@H](O)[C@H]3O)[C@H](O)[C@H]2O)cc1. The van der Waals surface area contributed by atoms with Crippen LogP contribution in [0.15, 0.2) is 24.3 Å². The Labute approximate surface area is 209 Å². The van der Waals surface area contributed by atoms with Crippen molar-refractivity contribution in [3.63, 3.8) is 0 Å². The van der Waals surface area contributed by atoms with Crippen molar-refractivity contribution in [2.45, 2.75) is 73.8 Å². The van der Waals surface area contributed by atoms with E-state index in [9.17, 15) is 40.8 Å². The second-order valence-electron chi connectivity index (χ2n) is 8.79. The lowest BCUT2D eigenvalue weighted by Gasteiger charge is -2.20. The number of nitro benzene ring substituents is 1. The predicted octanol–water partition coefficient (Wildman–Crippen LogP) is -3.66. The van der Waals surface area contributed by atoms with Gasteiger partial charge in [-0.15, -0.1) is 0 Å². The highest BCUT2D eigenvalue weighted by Gasteiger charge is 2.49. The highest BCUT2D eigenvalue weighted by Crippen LogP contribution is 2.29. The van der Waals surface area contributed by atoms with Crippen LogP contribution in [0.3, 0.4) is 0 Å². The number of nitrogens with zero attached hydrogens (tertiary/aromatic N) is 1. The van der Waals surface area contributed by atoms with Gasteiger partial charge in [0.1, 0.15) is 60.7 Å². The summed E-state index contributed by atoms with van der Waals surface area (Å²) in [5, 5.41) is 80.6. The molecule has 0 amide bonds. The van der Waals surface area contributed by atoms with Crippen LogP contribution >= 0.6 is 0 Å². The third-order valence-electron chi connectivity index (χ3n) is 6.29. The summed E-state index contributed by atoms with van der Waals surface area (Å²) in [4.78, 5) is 10.2. The van der Waals surface area contributed by atoms with Gasteiger partial charge in [0, 0.05) is 12.1 Å². The van der Waals surface area contributed by atoms with Crippen LogP contribution in [-0.4, -0.2) is 134 Å². The molecule has 0 bridgehead atoms. The van der Waals surface area contributed by atoms with E-state index in [0.717, 1.165) is 0 Å². The molecule has 208 valence electrons. The van der Waals surface area contributed by atoms with Crippen LogP contribution in [0, 0.1) is 10.1 Å². The molecule has 16 heteroatoms.